The second-order valence-corrected chi connectivity index (χ2v) is 5.01. The average molecular weight is 223 g/mol. The van der Waals surface area contributed by atoms with Gasteiger partial charge in [-0.3, -0.25) is 0 Å². The molecule has 0 spiro atoms. The Morgan fingerprint density at radius 1 is 1.33 bits per heavy atom. The second kappa shape index (κ2) is 3.47. The van der Waals surface area contributed by atoms with Crippen LogP contribution in [0, 0.1) is 0 Å². The van der Waals surface area contributed by atoms with E-state index in [9.17, 15) is 8.42 Å². The first-order chi connectivity index (χ1) is 7.07. The molecule has 2 rings (SSSR count). The molecule has 2 aromatic heterocycles. The van der Waals surface area contributed by atoms with E-state index in [1.165, 1.54) is 6.20 Å². The summed E-state index contributed by atoms with van der Waals surface area (Å²) in [6.45, 7) is 0. The van der Waals surface area contributed by atoms with E-state index in [1.54, 1.807) is 18.5 Å². The van der Waals surface area contributed by atoms with Crippen LogP contribution < -0.4 is 0 Å². The molecule has 0 radical (unpaired) electrons. The molecule has 0 unspecified atom stereocenters. The summed E-state index contributed by atoms with van der Waals surface area (Å²) in [6, 6.07) is 3.48. The molecule has 2 heterocycles. The molecule has 2 aromatic rings. The van der Waals surface area contributed by atoms with Crippen LogP contribution in [0.4, 0.5) is 0 Å². The van der Waals surface area contributed by atoms with Gasteiger partial charge in [0.05, 0.1) is 5.69 Å². The lowest BCUT2D eigenvalue weighted by molar-refractivity contribution is 0.593. The van der Waals surface area contributed by atoms with Gasteiger partial charge in [0.25, 0.3) is 0 Å². The molecule has 1 N–H and O–H groups in total. The highest BCUT2D eigenvalue weighted by atomic mass is 32.2. The van der Waals surface area contributed by atoms with Crippen LogP contribution in [0.25, 0.3) is 11.3 Å². The van der Waals surface area contributed by atoms with Crippen molar-refractivity contribution in [2.75, 3.05) is 6.26 Å². The molecule has 0 aromatic carbocycles. The standard InChI is InChI=1S/C9H9N3O2S/c1-15(13,14)9-11-5-3-8(12-9)7-2-4-10-6-7/h2-6,10H,1H3. The first-order valence-corrected chi connectivity index (χ1v) is 6.13. The normalized spacial score (nSPS) is 11.5. The highest BCUT2D eigenvalue weighted by molar-refractivity contribution is 7.90. The van der Waals surface area contributed by atoms with Crippen molar-refractivity contribution in [1.82, 2.24) is 15.0 Å². The van der Waals surface area contributed by atoms with Gasteiger partial charge in [-0.15, -0.1) is 0 Å². The number of sulfone groups is 1. The summed E-state index contributed by atoms with van der Waals surface area (Å²) in [4.78, 5) is 10.6. The van der Waals surface area contributed by atoms with Crippen molar-refractivity contribution < 1.29 is 8.42 Å². The maximum atomic E-state index is 11.2. The quantitative estimate of drug-likeness (QED) is 0.767. The molecule has 0 bridgehead atoms. The number of nitrogens with one attached hydrogen (secondary N) is 1. The Labute approximate surface area is 87.1 Å². The lowest BCUT2D eigenvalue weighted by Crippen LogP contribution is -2.03. The highest BCUT2D eigenvalue weighted by Crippen LogP contribution is 2.16. The molecule has 15 heavy (non-hydrogen) atoms. The Morgan fingerprint density at radius 2 is 2.13 bits per heavy atom. The zero-order chi connectivity index (χ0) is 10.9. The Kier molecular flexibility index (Phi) is 2.28. The Bertz CT molecular complexity index is 561. The van der Waals surface area contributed by atoms with E-state index in [0.717, 1.165) is 11.8 Å². The van der Waals surface area contributed by atoms with E-state index >= 15 is 0 Å². The van der Waals surface area contributed by atoms with Gasteiger partial charge in [-0.2, -0.15) is 0 Å². The summed E-state index contributed by atoms with van der Waals surface area (Å²) in [6.07, 6.45) is 6.01. The molecular formula is C9H9N3O2S. The predicted molar refractivity (Wildman–Crippen MR) is 54.9 cm³/mol. The lowest BCUT2D eigenvalue weighted by atomic mass is 10.2. The van der Waals surface area contributed by atoms with Crippen LogP contribution in [-0.2, 0) is 9.84 Å². The number of rotatable bonds is 2. The molecule has 0 aliphatic carbocycles. The topological polar surface area (TPSA) is 75.7 Å². The third-order valence-electron chi connectivity index (χ3n) is 1.86. The number of nitrogens with zero attached hydrogens (tertiary/aromatic N) is 2. The number of H-pyrrole nitrogens is 1. The van der Waals surface area contributed by atoms with Gasteiger partial charge < -0.3 is 4.98 Å². The lowest BCUT2D eigenvalue weighted by Gasteiger charge is -1.99. The van der Waals surface area contributed by atoms with Gasteiger partial charge in [-0.1, -0.05) is 0 Å². The van der Waals surface area contributed by atoms with Gasteiger partial charge in [0.2, 0.25) is 15.0 Å². The zero-order valence-corrected chi connectivity index (χ0v) is 8.82. The maximum Gasteiger partial charge on any atom is 0.247 e. The number of aromatic nitrogens is 3. The van der Waals surface area contributed by atoms with Crippen molar-refractivity contribution in [2.45, 2.75) is 5.16 Å². The maximum absolute atomic E-state index is 11.2. The average Bonchev–Trinajstić information content (AvgIpc) is 2.69. The van der Waals surface area contributed by atoms with E-state index in [0.29, 0.717) is 5.69 Å². The molecule has 0 fully saturated rings. The summed E-state index contributed by atoms with van der Waals surface area (Å²) in [5.41, 5.74) is 1.42. The summed E-state index contributed by atoms with van der Waals surface area (Å²) in [5, 5.41) is -0.152. The first-order valence-electron chi connectivity index (χ1n) is 4.23. The fraction of sp³-hybridized carbons (Fsp3) is 0.111. The monoisotopic (exact) mass is 223 g/mol. The molecule has 6 heteroatoms. The fourth-order valence-corrected chi connectivity index (χ4v) is 1.68. The zero-order valence-electron chi connectivity index (χ0n) is 8.01. The summed E-state index contributed by atoms with van der Waals surface area (Å²) < 4.78 is 22.4. The number of hydrogen-bond acceptors (Lipinski definition) is 4. The van der Waals surface area contributed by atoms with Crippen LogP contribution in [-0.4, -0.2) is 29.6 Å². The molecule has 0 saturated carbocycles. The Hall–Kier alpha value is -1.69. The molecule has 78 valence electrons. The van der Waals surface area contributed by atoms with Crippen LogP contribution in [0.1, 0.15) is 0 Å². The molecular weight excluding hydrogens is 214 g/mol. The Balaban J connectivity index is 2.53. The van der Waals surface area contributed by atoms with E-state index in [4.69, 9.17) is 0 Å². The van der Waals surface area contributed by atoms with Crippen LogP contribution in [0.15, 0.2) is 35.9 Å². The largest absolute Gasteiger partial charge is 0.367 e. The molecule has 0 amide bonds. The van der Waals surface area contributed by atoms with Gasteiger partial charge in [-0.05, 0) is 12.1 Å². The van der Waals surface area contributed by atoms with Gasteiger partial charge in [0.15, 0.2) is 0 Å². The minimum atomic E-state index is -3.35. The minimum Gasteiger partial charge on any atom is -0.367 e. The molecule has 0 aliphatic heterocycles. The van der Waals surface area contributed by atoms with E-state index in [-0.39, 0.29) is 5.16 Å². The SMILES string of the molecule is CS(=O)(=O)c1nccc(-c2cc[nH]c2)n1. The third-order valence-corrected chi connectivity index (χ3v) is 2.72. The van der Waals surface area contributed by atoms with E-state index in [2.05, 4.69) is 15.0 Å². The van der Waals surface area contributed by atoms with Gasteiger partial charge in [-0.25, -0.2) is 18.4 Å². The molecule has 5 nitrogen and oxygen atoms in total. The van der Waals surface area contributed by atoms with Crippen molar-refractivity contribution >= 4 is 9.84 Å². The van der Waals surface area contributed by atoms with Crippen LogP contribution in [0.3, 0.4) is 0 Å². The van der Waals surface area contributed by atoms with Crippen LogP contribution in [0.2, 0.25) is 0 Å². The van der Waals surface area contributed by atoms with Gasteiger partial charge >= 0.3 is 0 Å². The summed E-state index contributed by atoms with van der Waals surface area (Å²) in [7, 11) is -3.35. The summed E-state index contributed by atoms with van der Waals surface area (Å²) >= 11 is 0. The van der Waals surface area contributed by atoms with Crippen molar-refractivity contribution in [3.63, 3.8) is 0 Å². The third kappa shape index (κ3) is 2.04. The number of aromatic amines is 1. The van der Waals surface area contributed by atoms with E-state index < -0.39 is 9.84 Å². The van der Waals surface area contributed by atoms with Crippen molar-refractivity contribution in [3.05, 3.63) is 30.7 Å². The van der Waals surface area contributed by atoms with E-state index in [1.807, 2.05) is 6.07 Å². The van der Waals surface area contributed by atoms with Gasteiger partial charge in [0.1, 0.15) is 0 Å². The highest BCUT2D eigenvalue weighted by Gasteiger charge is 2.11. The molecule has 0 saturated heterocycles. The van der Waals surface area contributed by atoms with Crippen molar-refractivity contribution in [1.29, 1.82) is 0 Å². The van der Waals surface area contributed by atoms with Crippen LogP contribution >= 0.6 is 0 Å². The van der Waals surface area contributed by atoms with Crippen molar-refractivity contribution in [2.24, 2.45) is 0 Å². The second-order valence-electron chi connectivity index (χ2n) is 3.10. The Morgan fingerprint density at radius 3 is 2.73 bits per heavy atom. The fourth-order valence-electron chi connectivity index (χ4n) is 1.16. The first kappa shape index (κ1) is 9.85. The predicted octanol–water partition coefficient (Wildman–Crippen LogP) is 0.875. The summed E-state index contributed by atoms with van der Waals surface area (Å²) in [5.74, 6) is 0. The minimum absolute atomic E-state index is 0.152. The molecule has 0 atom stereocenters. The van der Waals surface area contributed by atoms with Crippen molar-refractivity contribution in [3.8, 4) is 11.3 Å². The number of hydrogen-bond donors (Lipinski definition) is 1. The molecule has 0 aliphatic rings. The van der Waals surface area contributed by atoms with Gasteiger partial charge in [0, 0.05) is 30.4 Å². The smallest absolute Gasteiger partial charge is 0.247 e. The van der Waals surface area contributed by atoms with Crippen LogP contribution in [0.5, 0.6) is 0 Å².